The van der Waals surface area contributed by atoms with Crippen LogP contribution in [0.15, 0.2) is 70.5 Å². The third kappa shape index (κ3) is 5.07. The summed E-state index contributed by atoms with van der Waals surface area (Å²) in [6.07, 6.45) is 8.34. The van der Waals surface area contributed by atoms with Crippen LogP contribution in [0, 0.1) is 0 Å². The van der Waals surface area contributed by atoms with Crippen molar-refractivity contribution in [3.8, 4) is 0 Å². The van der Waals surface area contributed by atoms with Gasteiger partial charge in [-0.2, -0.15) is 0 Å². The average molecular weight is 228 g/mol. The van der Waals surface area contributed by atoms with Gasteiger partial charge in [0.1, 0.15) is 0 Å². The highest BCUT2D eigenvalue weighted by Gasteiger charge is 2.06. The molecule has 0 rings (SSSR count). The number of hydrogen-bond acceptors (Lipinski definition) is 2. The first-order valence-corrected chi connectivity index (χ1v) is 5.39. The summed E-state index contributed by atoms with van der Waals surface area (Å²) in [5.41, 5.74) is 3.69. The van der Waals surface area contributed by atoms with Gasteiger partial charge in [0, 0.05) is 12.4 Å². The minimum atomic E-state index is 0.804. The molecule has 0 amide bonds. The van der Waals surface area contributed by atoms with Crippen molar-refractivity contribution < 1.29 is 0 Å². The van der Waals surface area contributed by atoms with Crippen LogP contribution in [0.2, 0.25) is 0 Å². The van der Waals surface area contributed by atoms with Crippen LogP contribution in [0.3, 0.4) is 0 Å². The Kier molecular flexibility index (Phi) is 7.27. The molecule has 0 saturated heterocycles. The number of rotatable bonds is 6. The zero-order chi connectivity index (χ0) is 13.3. The van der Waals surface area contributed by atoms with E-state index < -0.39 is 0 Å². The molecule has 0 bridgehead atoms. The third-order valence-corrected chi connectivity index (χ3v) is 2.00. The lowest BCUT2D eigenvalue weighted by atomic mass is 10.1. The standard InChI is InChI=1S/C15H20N2/c1-7-10-16-14(12(4)5)15(13(6)9-3)17-11-8-2/h7-11H,1-3H2,4-6H3/b15-13+,16-10-,17-11-. The summed E-state index contributed by atoms with van der Waals surface area (Å²) in [6, 6.07) is 0. The SMILES string of the molecule is C=C/C=N\C(=C(C)C)C(/N=C\C=C)=C(/C)C=C. The molecule has 0 radical (unpaired) electrons. The lowest BCUT2D eigenvalue weighted by Gasteiger charge is -2.07. The van der Waals surface area contributed by atoms with Crippen LogP contribution in [-0.2, 0) is 0 Å². The predicted molar refractivity (Wildman–Crippen MR) is 78.6 cm³/mol. The molecule has 90 valence electrons. The normalized spacial score (nSPS) is 12.4. The van der Waals surface area contributed by atoms with Crippen molar-refractivity contribution in [3.05, 3.63) is 60.5 Å². The Balaban J connectivity index is 5.73. The van der Waals surface area contributed by atoms with Crippen molar-refractivity contribution in [2.24, 2.45) is 9.98 Å². The molecule has 0 atom stereocenters. The van der Waals surface area contributed by atoms with Crippen LogP contribution >= 0.6 is 0 Å². The molecule has 0 aliphatic heterocycles. The minimum absolute atomic E-state index is 0.804. The quantitative estimate of drug-likeness (QED) is 0.479. The third-order valence-electron chi connectivity index (χ3n) is 2.00. The first-order valence-electron chi connectivity index (χ1n) is 5.39. The first-order chi connectivity index (χ1) is 8.08. The Morgan fingerprint density at radius 3 is 1.65 bits per heavy atom. The van der Waals surface area contributed by atoms with Gasteiger partial charge in [0.15, 0.2) is 0 Å². The minimum Gasteiger partial charge on any atom is -0.255 e. The Labute approximate surface area is 104 Å². The summed E-state index contributed by atoms with van der Waals surface area (Å²) in [5, 5.41) is 0. The number of hydrogen-bond donors (Lipinski definition) is 0. The fraction of sp³-hybridized carbons (Fsp3) is 0.200. The first kappa shape index (κ1) is 15.0. The van der Waals surface area contributed by atoms with Gasteiger partial charge in [0.2, 0.25) is 0 Å². The van der Waals surface area contributed by atoms with E-state index in [0.29, 0.717) is 0 Å². The Hall–Kier alpha value is -1.96. The van der Waals surface area contributed by atoms with Gasteiger partial charge in [0.25, 0.3) is 0 Å². The van der Waals surface area contributed by atoms with Crippen LogP contribution in [0.5, 0.6) is 0 Å². The molecule has 0 aliphatic rings. The van der Waals surface area contributed by atoms with Gasteiger partial charge in [-0.3, -0.25) is 9.98 Å². The number of allylic oxidation sites excluding steroid dienone is 5. The zero-order valence-corrected chi connectivity index (χ0v) is 10.9. The van der Waals surface area contributed by atoms with Crippen molar-refractivity contribution in [1.29, 1.82) is 0 Å². The number of aliphatic imine (C=N–C) groups is 2. The van der Waals surface area contributed by atoms with Gasteiger partial charge in [-0.1, -0.05) is 38.0 Å². The van der Waals surface area contributed by atoms with E-state index >= 15 is 0 Å². The van der Waals surface area contributed by atoms with Crippen molar-refractivity contribution in [2.45, 2.75) is 20.8 Å². The maximum Gasteiger partial charge on any atom is 0.0914 e. The molecule has 2 nitrogen and oxygen atoms in total. The van der Waals surface area contributed by atoms with E-state index in [0.717, 1.165) is 22.5 Å². The lowest BCUT2D eigenvalue weighted by Crippen LogP contribution is -1.92. The van der Waals surface area contributed by atoms with E-state index in [1.165, 1.54) is 0 Å². The zero-order valence-electron chi connectivity index (χ0n) is 10.9. The van der Waals surface area contributed by atoms with Gasteiger partial charge in [0.05, 0.1) is 11.4 Å². The van der Waals surface area contributed by atoms with Crippen LogP contribution in [-0.4, -0.2) is 12.4 Å². The van der Waals surface area contributed by atoms with Crippen molar-refractivity contribution in [2.75, 3.05) is 0 Å². The smallest absolute Gasteiger partial charge is 0.0914 e. The summed E-state index contributed by atoms with van der Waals surface area (Å²) in [5.74, 6) is 0. The van der Waals surface area contributed by atoms with Gasteiger partial charge in [-0.05, 0) is 31.9 Å². The van der Waals surface area contributed by atoms with Crippen LogP contribution in [0.1, 0.15) is 20.8 Å². The second kappa shape index (κ2) is 8.22. The van der Waals surface area contributed by atoms with Gasteiger partial charge in [-0.25, -0.2) is 0 Å². The van der Waals surface area contributed by atoms with Gasteiger partial charge < -0.3 is 0 Å². The molecule has 0 aliphatic carbocycles. The summed E-state index contributed by atoms with van der Waals surface area (Å²) in [6.45, 7) is 16.9. The van der Waals surface area contributed by atoms with E-state index in [9.17, 15) is 0 Å². The summed E-state index contributed by atoms with van der Waals surface area (Å²) in [7, 11) is 0. The fourth-order valence-corrected chi connectivity index (χ4v) is 1.13. The predicted octanol–water partition coefficient (Wildman–Crippen LogP) is 4.25. The van der Waals surface area contributed by atoms with Crippen LogP contribution in [0.4, 0.5) is 0 Å². The van der Waals surface area contributed by atoms with E-state index in [-0.39, 0.29) is 0 Å². The summed E-state index contributed by atoms with van der Waals surface area (Å²) < 4.78 is 0. The summed E-state index contributed by atoms with van der Waals surface area (Å²) >= 11 is 0. The van der Waals surface area contributed by atoms with Crippen LogP contribution in [0.25, 0.3) is 0 Å². The van der Waals surface area contributed by atoms with Crippen molar-refractivity contribution in [1.82, 2.24) is 0 Å². The molecule has 0 unspecified atom stereocenters. The van der Waals surface area contributed by atoms with Gasteiger partial charge in [-0.15, -0.1) is 0 Å². The molecule has 0 saturated carbocycles. The fourth-order valence-electron chi connectivity index (χ4n) is 1.13. The lowest BCUT2D eigenvalue weighted by molar-refractivity contribution is 1.14. The van der Waals surface area contributed by atoms with Crippen LogP contribution < -0.4 is 0 Å². The molecule has 0 aromatic carbocycles. The largest absolute Gasteiger partial charge is 0.255 e. The summed E-state index contributed by atoms with van der Waals surface area (Å²) in [4.78, 5) is 8.69. The monoisotopic (exact) mass is 228 g/mol. The average Bonchev–Trinajstić information content (AvgIpc) is 2.32. The van der Waals surface area contributed by atoms with Gasteiger partial charge >= 0.3 is 0 Å². The molecular weight excluding hydrogens is 208 g/mol. The molecule has 0 fully saturated rings. The molecule has 0 aromatic heterocycles. The van der Waals surface area contributed by atoms with E-state index in [2.05, 4.69) is 29.7 Å². The van der Waals surface area contributed by atoms with E-state index in [4.69, 9.17) is 0 Å². The molecule has 17 heavy (non-hydrogen) atoms. The number of nitrogens with zero attached hydrogens (tertiary/aromatic N) is 2. The molecule has 0 N–H and O–H groups in total. The van der Waals surface area contributed by atoms with E-state index in [1.54, 1.807) is 30.7 Å². The Bertz CT molecular complexity index is 414. The molecule has 0 spiro atoms. The molecule has 0 aromatic rings. The Morgan fingerprint density at radius 1 is 0.824 bits per heavy atom. The highest BCUT2D eigenvalue weighted by Crippen LogP contribution is 2.21. The molecule has 0 heterocycles. The van der Waals surface area contributed by atoms with E-state index in [1.807, 2.05) is 20.8 Å². The second-order valence-corrected chi connectivity index (χ2v) is 3.61. The maximum atomic E-state index is 4.35. The molecular formula is C15H20N2. The second-order valence-electron chi connectivity index (χ2n) is 3.61. The topological polar surface area (TPSA) is 24.7 Å². The highest BCUT2D eigenvalue weighted by atomic mass is 14.8. The van der Waals surface area contributed by atoms with Crippen molar-refractivity contribution >= 4 is 12.4 Å². The Morgan fingerprint density at radius 2 is 1.29 bits per heavy atom. The molecule has 2 heteroatoms. The maximum absolute atomic E-state index is 4.35. The van der Waals surface area contributed by atoms with Crippen molar-refractivity contribution in [3.63, 3.8) is 0 Å². The highest BCUT2D eigenvalue weighted by molar-refractivity contribution is 5.74.